The number of aromatic nitrogens is 8. The van der Waals surface area contributed by atoms with Gasteiger partial charge in [-0.05, 0) is 49.2 Å². The summed E-state index contributed by atoms with van der Waals surface area (Å²) in [6, 6.07) is 10.4. The maximum atomic E-state index is 5.88. The zero-order chi connectivity index (χ0) is 26.1. The fourth-order valence-corrected chi connectivity index (χ4v) is 4.58. The molecule has 0 aliphatic heterocycles. The van der Waals surface area contributed by atoms with E-state index in [1.54, 1.807) is 6.33 Å². The van der Waals surface area contributed by atoms with E-state index in [1.165, 1.54) is 27.7 Å². The lowest BCUT2D eigenvalue weighted by Gasteiger charge is -1.97. The van der Waals surface area contributed by atoms with Crippen LogP contribution in [-0.2, 0) is 42.3 Å². The molecule has 36 heavy (non-hydrogen) atoms. The molecule has 0 fully saturated rings. The molecule has 9 heteroatoms. The van der Waals surface area contributed by atoms with Crippen molar-refractivity contribution in [3.63, 3.8) is 0 Å². The lowest BCUT2D eigenvalue weighted by Crippen LogP contribution is -2.26. The van der Waals surface area contributed by atoms with Gasteiger partial charge in [-0.15, -0.1) is 0 Å². The van der Waals surface area contributed by atoms with Crippen LogP contribution in [0.15, 0.2) is 61.8 Å². The Bertz CT molecular complexity index is 1610. The summed E-state index contributed by atoms with van der Waals surface area (Å²) < 4.78 is 12.4. The van der Waals surface area contributed by atoms with E-state index < -0.39 is 0 Å². The molecule has 0 aliphatic carbocycles. The van der Waals surface area contributed by atoms with Crippen LogP contribution in [0, 0.1) is 13.8 Å². The minimum Gasteiger partial charge on any atom is -0.262 e. The topological polar surface area (TPSA) is 52.2 Å². The van der Waals surface area contributed by atoms with Crippen LogP contribution < -0.4 is 13.7 Å². The van der Waals surface area contributed by atoms with Gasteiger partial charge in [-0.25, -0.2) is 27.8 Å². The Balaban J connectivity index is 0.000000127. The SMILES string of the molecule is Cc1cc2c(cc1C)[n+](C)cn2C.Cn1c[n+](C)c2ccc(Cl)cc21.Cn1c[n+](C)c2ncncc21. The molecule has 0 unspecified atom stereocenters. The number of hydrogen-bond donors (Lipinski definition) is 0. The van der Waals surface area contributed by atoms with E-state index >= 15 is 0 Å². The highest BCUT2D eigenvalue weighted by atomic mass is 35.5. The Morgan fingerprint density at radius 3 is 1.92 bits per heavy atom. The van der Waals surface area contributed by atoms with Crippen molar-refractivity contribution < 1.29 is 13.7 Å². The standard InChI is InChI=1S/C11H15N2.C9H10ClN2.C7H9N4/c1-8-5-10-11(6-9(8)2)13(4)7-12(10)3;1-11-6-12(2)9-5-7(10)3-4-8(9)11;1-10-5-11(2)7-6(10)3-8-4-9-7/h5-7H,1-4H3;3-6H,1-2H3;3-5H,1-2H3/q3*+1. The summed E-state index contributed by atoms with van der Waals surface area (Å²) >= 11 is 5.88. The van der Waals surface area contributed by atoms with Gasteiger partial charge >= 0.3 is 5.65 Å². The summed E-state index contributed by atoms with van der Waals surface area (Å²) in [6.45, 7) is 4.31. The van der Waals surface area contributed by atoms with Gasteiger partial charge in [0, 0.05) is 11.1 Å². The third-order valence-corrected chi connectivity index (χ3v) is 6.71. The highest BCUT2D eigenvalue weighted by Gasteiger charge is 2.12. The maximum Gasteiger partial charge on any atom is 0.304 e. The summed E-state index contributed by atoms with van der Waals surface area (Å²) in [6.07, 6.45) is 9.47. The number of nitrogens with zero attached hydrogens (tertiary/aromatic N) is 8. The van der Waals surface area contributed by atoms with Crippen molar-refractivity contribution in [2.45, 2.75) is 13.8 Å². The summed E-state index contributed by atoms with van der Waals surface area (Å²) in [7, 11) is 12.1. The normalized spacial score (nSPS) is 10.9. The van der Waals surface area contributed by atoms with Crippen LogP contribution in [0.1, 0.15) is 11.1 Å². The van der Waals surface area contributed by atoms with Crippen LogP contribution in [0.25, 0.3) is 33.2 Å². The first-order valence-corrected chi connectivity index (χ1v) is 12.1. The molecule has 0 atom stereocenters. The minimum atomic E-state index is 0.782. The van der Waals surface area contributed by atoms with Crippen molar-refractivity contribution in [1.29, 1.82) is 0 Å². The van der Waals surface area contributed by atoms with E-state index in [-0.39, 0.29) is 0 Å². The summed E-state index contributed by atoms with van der Waals surface area (Å²) in [4.78, 5) is 8.07. The fraction of sp³-hybridized carbons (Fsp3) is 0.296. The minimum absolute atomic E-state index is 0.782. The summed E-state index contributed by atoms with van der Waals surface area (Å²) in [5.41, 5.74) is 9.67. The Morgan fingerprint density at radius 1 is 0.694 bits per heavy atom. The van der Waals surface area contributed by atoms with Crippen molar-refractivity contribution in [1.82, 2.24) is 23.7 Å². The molecule has 6 rings (SSSR count). The van der Waals surface area contributed by atoms with Gasteiger partial charge in [0.1, 0.15) is 0 Å². The van der Waals surface area contributed by atoms with E-state index in [2.05, 4.69) is 74.6 Å². The van der Waals surface area contributed by atoms with Crippen molar-refractivity contribution in [2.24, 2.45) is 42.3 Å². The van der Waals surface area contributed by atoms with Crippen LogP contribution in [0.3, 0.4) is 0 Å². The van der Waals surface area contributed by atoms with Gasteiger partial charge in [0.2, 0.25) is 12.7 Å². The molecule has 0 spiro atoms. The predicted molar refractivity (Wildman–Crippen MR) is 142 cm³/mol. The number of fused-ring (bicyclic) bond motifs is 3. The molecular formula is C27H34ClN8+3. The number of rotatable bonds is 0. The highest BCUT2D eigenvalue weighted by molar-refractivity contribution is 6.31. The molecule has 6 aromatic rings. The second-order valence-corrected chi connectivity index (χ2v) is 9.74. The highest BCUT2D eigenvalue weighted by Crippen LogP contribution is 2.16. The molecule has 0 bridgehead atoms. The van der Waals surface area contributed by atoms with Gasteiger partial charge in [0.15, 0.2) is 40.2 Å². The molecule has 0 N–H and O–H groups in total. The average Bonchev–Trinajstić information content (AvgIpc) is 3.40. The largest absolute Gasteiger partial charge is 0.304 e. The second-order valence-electron chi connectivity index (χ2n) is 9.30. The Hall–Kier alpha value is -3.78. The molecule has 0 aliphatic rings. The first kappa shape index (κ1) is 25.3. The molecular weight excluding hydrogens is 472 g/mol. The van der Waals surface area contributed by atoms with Crippen LogP contribution in [0.5, 0.6) is 0 Å². The molecule has 4 aromatic heterocycles. The van der Waals surface area contributed by atoms with Crippen LogP contribution in [0.4, 0.5) is 0 Å². The van der Waals surface area contributed by atoms with Crippen molar-refractivity contribution in [3.05, 3.63) is 78.0 Å². The maximum absolute atomic E-state index is 5.88. The zero-order valence-electron chi connectivity index (χ0n) is 22.2. The van der Waals surface area contributed by atoms with Crippen molar-refractivity contribution in [3.8, 4) is 0 Å². The van der Waals surface area contributed by atoms with Gasteiger partial charge < -0.3 is 0 Å². The lowest BCUT2D eigenvalue weighted by molar-refractivity contribution is -0.647. The van der Waals surface area contributed by atoms with Crippen LogP contribution >= 0.6 is 11.6 Å². The van der Waals surface area contributed by atoms with E-state index in [0.717, 1.165) is 21.7 Å². The van der Waals surface area contributed by atoms with Gasteiger partial charge in [0.05, 0.1) is 48.5 Å². The molecule has 2 aromatic carbocycles. The van der Waals surface area contributed by atoms with Crippen molar-refractivity contribution >= 4 is 44.8 Å². The third-order valence-electron chi connectivity index (χ3n) is 6.47. The van der Waals surface area contributed by atoms with E-state index in [4.69, 9.17) is 11.6 Å². The van der Waals surface area contributed by atoms with Gasteiger partial charge in [-0.2, -0.15) is 0 Å². The molecule has 0 saturated carbocycles. The number of aryl methyl sites for hydroxylation is 8. The first-order valence-electron chi connectivity index (χ1n) is 11.7. The van der Waals surface area contributed by atoms with Crippen LogP contribution in [-0.4, -0.2) is 23.7 Å². The number of hydrogen-bond acceptors (Lipinski definition) is 2. The van der Waals surface area contributed by atoms with E-state index in [0.29, 0.717) is 0 Å². The predicted octanol–water partition coefficient (Wildman–Crippen LogP) is 3.07. The van der Waals surface area contributed by atoms with Gasteiger partial charge in [0.25, 0.3) is 0 Å². The second kappa shape index (κ2) is 10.1. The summed E-state index contributed by atoms with van der Waals surface area (Å²) in [5, 5.41) is 0.782. The van der Waals surface area contributed by atoms with Crippen LogP contribution in [0.2, 0.25) is 5.02 Å². The third kappa shape index (κ3) is 4.95. The molecule has 0 saturated heterocycles. The monoisotopic (exact) mass is 505 g/mol. The molecule has 4 heterocycles. The Kier molecular flexibility index (Phi) is 7.08. The molecule has 0 radical (unpaired) electrons. The molecule has 8 nitrogen and oxygen atoms in total. The van der Waals surface area contributed by atoms with Gasteiger partial charge in [-0.3, -0.25) is 4.57 Å². The number of benzene rings is 2. The average molecular weight is 506 g/mol. The summed E-state index contributed by atoms with van der Waals surface area (Å²) in [5.74, 6) is 0. The lowest BCUT2D eigenvalue weighted by atomic mass is 10.1. The number of imidazole rings is 3. The molecule has 186 valence electrons. The van der Waals surface area contributed by atoms with E-state index in [9.17, 15) is 0 Å². The Labute approximate surface area is 216 Å². The first-order chi connectivity index (χ1) is 17.1. The Morgan fingerprint density at radius 2 is 1.25 bits per heavy atom. The quantitative estimate of drug-likeness (QED) is 0.298. The smallest absolute Gasteiger partial charge is 0.262 e. The molecule has 0 amide bonds. The number of halogens is 1. The van der Waals surface area contributed by atoms with Gasteiger partial charge in [-0.1, -0.05) is 16.6 Å². The van der Waals surface area contributed by atoms with Crippen molar-refractivity contribution in [2.75, 3.05) is 0 Å². The van der Waals surface area contributed by atoms with E-state index in [1.807, 2.05) is 74.4 Å². The fourth-order valence-electron chi connectivity index (χ4n) is 4.41. The zero-order valence-corrected chi connectivity index (χ0v) is 23.0.